The van der Waals surface area contributed by atoms with Crippen LogP contribution in [0.15, 0.2) is 24.3 Å². The standard InChI is InChI=1S/C15H25NO/c1-3-4-13(2)11-16-10-9-14-5-7-15(12-17)8-6-14/h5-8,13,16-17H,3-4,9-12H2,1-2H3. The van der Waals surface area contributed by atoms with E-state index in [1.165, 1.54) is 18.4 Å². The highest BCUT2D eigenvalue weighted by molar-refractivity contribution is 5.22. The van der Waals surface area contributed by atoms with Gasteiger partial charge in [-0.3, -0.25) is 0 Å². The van der Waals surface area contributed by atoms with Crippen LogP contribution >= 0.6 is 0 Å². The molecule has 1 unspecified atom stereocenters. The van der Waals surface area contributed by atoms with Crippen molar-refractivity contribution in [2.24, 2.45) is 5.92 Å². The summed E-state index contributed by atoms with van der Waals surface area (Å²) >= 11 is 0. The highest BCUT2D eigenvalue weighted by Gasteiger charge is 1.99. The summed E-state index contributed by atoms with van der Waals surface area (Å²) in [6.07, 6.45) is 3.63. The zero-order chi connectivity index (χ0) is 12.5. The highest BCUT2D eigenvalue weighted by atomic mass is 16.3. The van der Waals surface area contributed by atoms with Gasteiger partial charge in [-0.1, -0.05) is 44.5 Å². The first-order valence-electron chi connectivity index (χ1n) is 6.65. The lowest BCUT2D eigenvalue weighted by Crippen LogP contribution is -2.23. The topological polar surface area (TPSA) is 32.3 Å². The van der Waals surface area contributed by atoms with Crippen LogP contribution in [0.5, 0.6) is 0 Å². The number of rotatable bonds is 8. The van der Waals surface area contributed by atoms with E-state index in [0.717, 1.165) is 31.0 Å². The Kier molecular flexibility index (Phi) is 6.90. The molecule has 0 aliphatic heterocycles. The summed E-state index contributed by atoms with van der Waals surface area (Å²) in [7, 11) is 0. The fourth-order valence-electron chi connectivity index (χ4n) is 1.99. The third-order valence-corrected chi connectivity index (χ3v) is 3.07. The van der Waals surface area contributed by atoms with Crippen molar-refractivity contribution < 1.29 is 5.11 Å². The van der Waals surface area contributed by atoms with Crippen molar-refractivity contribution in [1.82, 2.24) is 5.32 Å². The van der Waals surface area contributed by atoms with E-state index in [4.69, 9.17) is 5.11 Å². The molecule has 0 radical (unpaired) electrons. The Labute approximate surface area is 105 Å². The fourth-order valence-corrected chi connectivity index (χ4v) is 1.99. The molecule has 2 nitrogen and oxygen atoms in total. The SMILES string of the molecule is CCCC(C)CNCCc1ccc(CO)cc1. The Hall–Kier alpha value is -0.860. The second kappa shape index (κ2) is 8.26. The zero-order valence-corrected chi connectivity index (χ0v) is 11.1. The minimum absolute atomic E-state index is 0.132. The van der Waals surface area contributed by atoms with Gasteiger partial charge < -0.3 is 10.4 Å². The van der Waals surface area contributed by atoms with Crippen LogP contribution in [0.3, 0.4) is 0 Å². The molecule has 1 aromatic carbocycles. The quantitative estimate of drug-likeness (QED) is 0.679. The van der Waals surface area contributed by atoms with Gasteiger partial charge in [-0.05, 0) is 43.0 Å². The Morgan fingerprint density at radius 3 is 2.41 bits per heavy atom. The molecular formula is C15H25NO. The number of benzene rings is 1. The first kappa shape index (κ1) is 14.2. The molecule has 2 heteroatoms. The third-order valence-electron chi connectivity index (χ3n) is 3.07. The molecule has 0 fully saturated rings. The summed E-state index contributed by atoms with van der Waals surface area (Å²) in [5, 5.41) is 12.4. The van der Waals surface area contributed by atoms with Crippen LogP contribution in [-0.2, 0) is 13.0 Å². The summed E-state index contributed by atoms with van der Waals surface area (Å²) in [6, 6.07) is 8.19. The van der Waals surface area contributed by atoms with Gasteiger partial charge in [0.05, 0.1) is 6.61 Å². The van der Waals surface area contributed by atoms with Crippen LogP contribution in [-0.4, -0.2) is 18.2 Å². The molecule has 0 aliphatic carbocycles. The summed E-state index contributed by atoms with van der Waals surface area (Å²) in [6.45, 7) is 6.81. The van der Waals surface area contributed by atoms with Crippen molar-refractivity contribution in [1.29, 1.82) is 0 Å². The molecule has 1 aromatic rings. The van der Waals surface area contributed by atoms with E-state index in [-0.39, 0.29) is 6.61 Å². The summed E-state index contributed by atoms with van der Waals surface area (Å²) < 4.78 is 0. The average Bonchev–Trinajstić information content (AvgIpc) is 2.36. The fraction of sp³-hybridized carbons (Fsp3) is 0.600. The molecule has 1 rings (SSSR count). The number of nitrogens with one attached hydrogen (secondary N) is 1. The molecule has 17 heavy (non-hydrogen) atoms. The van der Waals surface area contributed by atoms with Crippen molar-refractivity contribution in [3.63, 3.8) is 0 Å². The largest absolute Gasteiger partial charge is 0.392 e. The summed E-state index contributed by atoms with van der Waals surface area (Å²) in [5.74, 6) is 0.775. The molecule has 0 bridgehead atoms. The van der Waals surface area contributed by atoms with Gasteiger partial charge in [-0.2, -0.15) is 0 Å². The summed E-state index contributed by atoms with van der Waals surface area (Å²) in [5.41, 5.74) is 2.32. The molecule has 0 heterocycles. The number of hydrogen-bond donors (Lipinski definition) is 2. The Morgan fingerprint density at radius 2 is 1.82 bits per heavy atom. The van der Waals surface area contributed by atoms with E-state index < -0.39 is 0 Å². The molecule has 0 spiro atoms. The van der Waals surface area contributed by atoms with Crippen molar-refractivity contribution >= 4 is 0 Å². The van der Waals surface area contributed by atoms with E-state index in [1.54, 1.807) is 0 Å². The predicted molar refractivity (Wildman–Crippen MR) is 73.0 cm³/mol. The molecular weight excluding hydrogens is 210 g/mol. The highest BCUT2D eigenvalue weighted by Crippen LogP contribution is 2.05. The maximum Gasteiger partial charge on any atom is 0.0681 e. The van der Waals surface area contributed by atoms with Gasteiger partial charge >= 0.3 is 0 Å². The van der Waals surface area contributed by atoms with Crippen LogP contribution in [0.25, 0.3) is 0 Å². The predicted octanol–water partition coefficient (Wildman–Crippen LogP) is 2.75. The molecule has 0 saturated heterocycles. The molecule has 0 saturated carbocycles. The van der Waals surface area contributed by atoms with E-state index in [2.05, 4.69) is 31.3 Å². The van der Waals surface area contributed by atoms with Crippen molar-refractivity contribution in [2.45, 2.75) is 39.7 Å². The maximum atomic E-state index is 8.94. The zero-order valence-electron chi connectivity index (χ0n) is 11.1. The minimum atomic E-state index is 0.132. The number of aliphatic hydroxyl groups is 1. The van der Waals surface area contributed by atoms with Gasteiger partial charge in [0.1, 0.15) is 0 Å². The minimum Gasteiger partial charge on any atom is -0.392 e. The lowest BCUT2D eigenvalue weighted by atomic mass is 10.1. The van der Waals surface area contributed by atoms with Gasteiger partial charge in [0, 0.05) is 0 Å². The lowest BCUT2D eigenvalue weighted by Gasteiger charge is -2.11. The molecule has 96 valence electrons. The summed E-state index contributed by atoms with van der Waals surface area (Å²) in [4.78, 5) is 0. The molecule has 0 aromatic heterocycles. The van der Waals surface area contributed by atoms with E-state index in [9.17, 15) is 0 Å². The van der Waals surface area contributed by atoms with Crippen LogP contribution in [0.4, 0.5) is 0 Å². The lowest BCUT2D eigenvalue weighted by molar-refractivity contribution is 0.282. The number of hydrogen-bond acceptors (Lipinski definition) is 2. The van der Waals surface area contributed by atoms with Gasteiger partial charge in [0.25, 0.3) is 0 Å². The molecule has 0 amide bonds. The third kappa shape index (κ3) is 5.85. The van der Waals surface area contributed by atoms with E-state index in [1.807, 2.05) is 12.1 Å². The van der Waals surface area contributed by atoms with Gasteiger partial charge in [0.15, 0.2) is 0 Å². The van der Waals surface area contributed by atoms with Crippen molar-refractivity contribution in [2.75, 3.05) is 13.1 Å². The number of aliphatic hydroxyl groups excluding tert-OH is 1. The smallest absolute Gasteiger partial charge is 0.0681 e. The Bertz CT molecular complexity index is 294. The van der Waals surface area contributed by atoms with Crippen LogP contribution in [0.1, 0.15) is 37.8 Å². The Morgan fingerprint density at radius 1 is 1.18 bits per heavy atom. The van der Waals surface area contributed by atoms with Crippen LogP contribution in [0.2, 0.25) is 0 Å². The monoisotopic (exact) mass is 235 g/mol. The first-order chi connectivity index (χ1) is 8.26. The first-order valence-corrected chi connectivity index (χ1v) is 6.65. The molecule has 0 aliphatic rings. The normalized spacial score (nSPS) is 12.6. The average molecular weight is 235 g/mol. The van der Waals surface area contributed by atoms with Gasteiger partial charge in [0.2, 0.25) is 0 Å². The van der Waals surface area contributed by atoms with E-state index >= 15 is 0 Å². The van der Waals surface area contributed by atoms with Gasteiger partial charge in [-0.25, -0.2) is 0 Å². The van der Waals surface area contributed by atoms with Crippen LogP contribution < -0.4 is 5.32 Å². The van der Waals surface area contributed by atoms with Crippen molar-refractivity contribution in [3.8, 4) is 0 Å². The van der Waals surface area contributed by atoms with Crippen LogP contribution in [0, 0.1) is 5.92 Å². The van der Waals surface area contributed by atoms with Gasteiger partial charge in [-0.15, -0.1) is 0 Å². The molecule has 2 N–H and O–H groups in total. The van der Waals surface area contributed by atoms with Crippen molar-refractivity contribution in [3.05, 3.63) is 35.4 Å². The molecule has 1 atom stereocenters. The Balaban J connectivity index is 2.17. The van der Waals surface area contributed by atoms with E-state index in [0.29, 0.717) is 0 Å². The second-order valence-electron chi connectivity index (χ2n) is 4.82. The second-order valence-corrected chi connectivity index (χ2v) is 4.82. The maximum absolute atomic E-state index is 8.94.